The van der Waals surface area contributed by atoms with Crippen LogP contribution >= 0.6 is 0 Å². The molecule has 0 aliphatic rings. The van der Waals surface area contributed by atoms with E-state index < -0.39 is 11.4 Å². The molecule has 7 heteroatoms. The van der Waals surface area contributed by atoms with Gasteiger partial charge in [0.15, 0.2) is 11.0 Å². The van der Waals surface area contributed by atoms with Gasteiger partial charge >= 0.3 is 5.97 Å². The van der Waals surface area contributed by atoms with Crippen LogP contribution in [0.2, 0.25) is 0 Å². The maximum Gasteiger partial charge on any atom is 0.374 e. The van der Waals surface area contributed by atoms with Crippen molar-refractivity contribution < 1.29 is 23.5 Å². The highest BCUT2D eigenvalue weighted by Gasteiger charge is 2.17. The minimum absolute atomic E-state index is 0.121. The first-order valence-electron chi connectivity index (χ1n) is 12.3. The molecule has 0 atom stereocenters. The maximum atomic E-state index is 12.8. The van der Waals surface area contributed by atoms with Crippen molar-refractivity contribution in [3.05, 3.63) is 70.1 Å². The molecule has 1 amide bonds. The molecule has 0 unspecified atom stereocenters. The van der Waals surface area contributed by atoms with Crippen molar-refractivity contribution in [2.24, 2.45) is 0 Å². The normalized spacial score (nSPS) is 10.8. The summed E-state index contributed by atoms with van der Waals surface area (Å²) < 4.78 is 16.5. The monoisotopic (exact) mass is 479 g/mol. The zero-order valence-electron chi connectivity index (χ0n) is 20.4. The average molecular weight is 480 g/mol. The molecule has 0 spiro atoms. The molecule has 1 heterocycles. The van der Waals surface area contributed by atoms with E-state index in [1.165, 1.54) is 25.7 Å². The summed E-state index contributed by atoms with van der Waals surface area (Å²) in [6.07, 6.45) is 7.82. The summed E-state index contributed by atoms with van der Waals surface area (Å²) in [6.45, 7) is 4.94. The molecular formula is C28H33NO6. The Kier molecular flexibility index (Phi) is 9.90. The minimum Gasteiger partial charge on any atom is -0.494 e. The Morgan fingerprint density at radius 1 is 0.886 bits per heavy atom. The number of amides is 1. The van der Waals surface area contributed by atoms with E-state index in [-0.39, 0.29) is 34.9 Å². The number of carbonyl (C=O) groups is 2. The van der Waals surface area contributed by atoms with Crippen LogP contribution in [0.15, 0.2) is 57.7 Å². The van der Waals surface area contributed by atoms with Gasteiger partial charge in [0.2, 0.25) is 5.76 Å². The summed E-state index contributed by atoms with van der Waals surface area (Å²) in [6, 6.07) is 12.8. The number of anilines is 1. The summed E-state index contributed by atoms with van der Waals surface area (Å²) in [5.41, 5.74) is 0.446. The van der Waals surface area contributed by atoms with Gasteiger partial charge in [-0.2, -0.15) is 0 Å². The van der Waals surface area contributed by atoms with E-state index in [0.717, 1.165) is 18.9 Å². The Bertz CT molecular complexity index is 1180. The van der Waals surface area contributed by atoms with Gasteiger partial charge in [0.25, 0.3) is 5.91 Å². The third-order valence-electron chi connectivity index (χ3n) is 5.52. The number of carbonyl (C=O) groups excluding carboxylic acids is 2. The first-order chi connectivity index (χ1) is 17.0. The van der Waals surface area contributed by atoms with Gasteiger partial charge < -0.3 is 19.2 Å². The minimum atomic E-state index is -0.719. The maximum absolute atomic E-state index is 12.8. The van der Waals surface area contributed by atoms with E-state index in [1.807, 2.05) is 6.92 Å². The Hall–Kier alpha value is -3.61. The van der Waals surface area contributed by atoms with E-state index in [2.05, 4.69) is 12.2 Å². The van der Waals surface area contributed by atoms with Crippen molar-refractivity contribution in [2.75, 3.05) is 18.5 Å². The number of esters is 1. The van der Waals surface area contributed by atoms with Crippen molar-refractivity contribution in [1.82, 2.24) is 0 Å². The lowest BCUT2D eigenvalue weighted by Crippen LogP contribution is -2.14. The van der Waals surface area contributed by atoms with Gasteiger partial charge in [0.1, 0.15) is 5.75 Å². The fraction of sp³-hybridized carbons (Fsp3) is 0.393. The molecule has 35 heavy (non-hydrogen) atoms. The number of para-hydroxylation sites is 1. The second-order valence-electron chi connectivity index (χ2n) is 8.39. The largest absolute Gasteiger partial charge is 0.494 e. The SMILES string of the molecule is CCCCCCCCOc1ccc(C(=O)Nc2cccc3c(=O)cc(C(=O)OCCC)oc23)cc1. The van der Waals surface area contributed by atoms with Crippen molar-refractivity contribution in [1.29, 1.82) is 0 Å². The van der Waals surface area contributed by atoms with Crippen molar-refractivity contribution in [3.63, 3.8) is 0 Å². The van der Waals surface area contributed by atoms with Gasteiger partial charge in [-0.3, -0.25) is 9.59 Å². The predicted molar refractivity (Wildman–Crippen MR) is 136 cm³/mol. The standard InChI is InChI=1S/C28H33NO6/c1-3-5-6-7-8-9-18-33-21-15-13-20(14-16-21)27(31)29-23-12-10-11-22-24(30)19-25(35-26(22)23)28(32)34-17-4-2/h10-16,19H,3-9,17-18H2,1-2H3,(H,29,31). The third kappa shape index (κ3) is 7.44. The zero-order chi connectivity index (χ0) is 25.0. The highest BCUT2D eigenvalue weighted by molar-refractivity contribution is 6.08. The Balaban J connectivity index is 1.65. The van der Waals surface area contributed by atoms with Crippen LogP contribution < -0.4 is 15.5 Å². The molecule has 186 valence electrons. The highest BCUT2D eigenvalue weighted by Crippen LogP contribution is 2.24. The number of ether oxygens (including phenoxy) is 2. The molecule has 0 aliphatic heterocycles. The number of fused-ring (bicyclic) bond motifs is 1. The van der Waals surface area contributed by atoms with E-state index in [1.54, 1.807) is 42.5 Å². The van der Waals surface area contributed by atoms with Gasteiger partial charge in [-0.15, -0.1) is 0 Å². The van der Waals surface area contributed by atoms with Gasteiger partial charge in [0, 0.05) is 11.6 Å². The quantitative estimate of drug-likeness (QED) is 0.227. The van der Waals surface area contributed by atoms with Crippen LogP contribution in [0, 0.1) is 0 Å². The second kappa shape index (κ2) is 13.3. The first-order valence-corrected chi connectivity index (χ1v) is 12.3. The summed E-state index contributed by atoms with van der Waals surface area (Å²) in [5, 5.41) is 3.03. The molecule has 0 aliphatic carbocycles. The van der Waals surface area contributed by atoms with Crippen LogP contribution in [-0.2, 0) is 4.74 Å². The molecule has 7 nitrogen and oxygen atoms in total. The molecule has 0 saturated carbocycles. The molecule has 0 saturated heterocycles. The number of hydrogen-bond donors (Lipinski definition) is 1. The summed E-state index contributed by atoms with van der Waals surface area (Å²) in [5.74, 6) is -0.587. The Labute approximate surface area is 205 Å². The molecular weight excluding hydrogens is 446 g/mol. The van der Waals surface area contributed by atoms with Gasteiger partial charge in [-0.1, -0.05) is 52.0 Å². The van der Waals surface area contributed by atoms with Crippen molar-refractivity contribution >= 4 is 28.5 Å². The van der Waals surface area contributed by atoms with Gasteiger partial charge in [-0.25, -0.2) is 4.79 Å². The average Bonchev–Trinajstić information content (AvgIpc) is 2.87. The molecule has 3 rings (SSSR count). The van der Waals surface area contributed by atoms with Crippen molar-refractivity contribution in [3.8, 4) is 5.75 Å². The fourth-order valence-corrected chi connectivity index (χ4v) is 3.61. The number of rotatable bonds is 13. The lowest BCUT2D eigenvalue weighted by molar-refractivity contribution is 0.0469. The Morgan fingerprint density at radius 3 is 2.37 bits per heavy atom. The lowest BCUT2D eigenvalue weighted by atomic mass is 10.1. The van der Waals surface area contributed by atoms with E-state index >= 15 is 0 Å². The topological polar surface area (TPSA) is 94.8 Å². The molecule has 3 aromatic rings. The van der Waals surface area contributed by atoms with E-state index in [4.69, 9.17) is 13.9 Å². The van der Waals surface area contributed by atoms with Crippen LogP contribution in [0.4, 0.5) is 5.69 Å². The fourth-order valence-electron chi connectivity index (χ4n) is 3.61. The molecule has 1 N–H and O–H groups in total. The van der Waals surface area contributed by atoms with Crippen molar-refractivity contribution in [2.45, 2.75) is 58.8 Å². The molecule has 2 aromatic carbocycles. The lowest BCUT2D eigenvalue weighted by Gasteiger charge is -2.10. The number of nitrogens with one attached hydrogen (secondary N) is 1. The van der Waals surface area contributed by atoms with Crippen LogP contribution in [-0.4, -0.2) is 25.1 Å². The summed E-state index contributed by atoms with van der Waals surface area (Å²) in [4.78, 5) is 37.5. The van der Waals surface area contributed by atoms with E-state index in [9.17, 15) is 14.4 Å². The number of benzene rings is 2. The highest BCUT2D eigenvalue weighted by atomic mass is 16.5. The van der Waals surface area contributed by atoms with E-state index in [0.29, 0.717) is 24.3 Å². The summed E-state index contributed by atoms with van der Waals surface area (Å²) in [7, 11) is 0. The third-order valence-corrected chi connectivity index (χ3v) is 5.52. The molecule has 0 bridgehead atoms. The predicted octanol–water partition coefficient (Wildman–Crippen LogP) is 6.35. The number of unbranched alkanes of at least 4 members (excludes halogenated alkanes) is 5. The smallest absolute Gasteiger partial charge is 0.374 e. The number of hydrogen-bond acceptors (Lipinski definition) is 6. The molecule has 0 fully saturated rings. The second-order valence-corrected chi connectivity index (χ2v) is 8.39. The Morgan fingerprint density at radius 2 is 1.63 bits per heavy atom. The van der Waals surface area contributed by atoms with Crippen LogP contribution in [0.25, 0.3) is 11.0 Å². The molecule has 1 aromatic heterocycles. The van der Waals surface area contributed by atoms with Gasteiger partial charge in [0.05, 0.1) is 24.3 Å². The summed E-state index contributed by atoms with van der Waals surface area (Å²) >= 11 is 0. The van der Waals surface area contributed by atoms with Gasteiger partial charge in [-0.05, 0) is 49.2 Å². The zero-order valence-corrected chi connectivity index (χ0v) is 20.4. The van der Waals surface area contributed by atoms with Crippen LogP contribution in [0.3, 0.4) is 0 Å². The van der Waals surface area contributed by atoms with Crippen LogP contribution in [0.5, 0.6) is 5.75 Å². The first kappa shape index (κ1) is 26.0. The van der Waals surface area contributed by atoms with Crippen LogP contribution in [0.1, 0.15) is 79.7 Å². The molecule has 0 radical (unpaired) electrons.